The first-order valence-electron chi connectivity index (χ1n) is 7.77. The van der Waals surface area contributed by atoms with Gasteiger partial charge in [-0.3, -0.25) is 9.78 Å². The Kier molecular flexibility index (Phi) is 5.17. The van der Waals surface area contributed by atoms with Crippen molar-refractivity contribution in [2.24, 2.45) is 5.10 Å². The highest BCUT2D eigenvalue weighted by molar-refractivity contribution is 6.06. The van der Waals surface area contributed by atoms with E-state index in [9.17, 15) is 13.6 Å². The van der Waals surface area contributed by atoms with Gasteiger partial charge in [-0.05, 0) is 48.9 Å². The summed E-state index contributed by atoms with van der Waals surface area (Å²) in [5.74, 6) is -0.305. The van der Waals surface area contributed by atoms with E-state index in [2.05, 4.69) is 20.2 Å². The number of aromatic nitrogens is 1. The molecule has 7 heteroatoms. The molecule has 26 heavy (non-hydrogen) atoms. The molecule has 0 fully saturated rings. The van der Waals surface area contributed by atoms with Crippen molar-refractivity contribution in [3.05, 3.63) is 71.4 Å². The highest BCUT2D eigenvalue weighted by Gasteiger charge is 2.11. The Morgan fingerprint density at radius 1 is 1.19 bits per heavy atom. The second-order valence-corrected chi connectivity index (χ2v) is 5.48. The molecule has 0 aliphatic carbocycles. The summed E-state index contributed by atoms with van der Waals surface area (Å²) >= 11 is 0. The zero-order valence-electron chi connectivity index (χ0n) is 13.8. The van der Waals surface area contributed by atoms with E-state index in [1.165, 1.54) is 18.3 Å². The molecule has 132 valence electrons. The number of amides is 1. The predicted molar refractivity (Wildman–Crippen MR) is 94.6 cm³/mol. The number of benzene rings is 2. The smallest absolute Gasteiger partial charge is 0.387 e. The van der Waals surface area contributed by atoms with Crippen LogP contribution in [0, 0.1) is 6.92 Å². The van der Waals surface area contributed by atoms with Crippen molar-refractivity contribution < 1.29 is 18.3 Å². The summed E-state index contributed by atoms with van der Waals surface area (Å²) in [5.41, 5.74) is 5.03. The van der Waals surface area contributed by atoms with Crippen molar-refractivity contribution in [2.75, 3.05) is 0 Å². The van der Waals surface area contributed by atoms with E-state index >= 15 is 0 Å². The molecule has 2 aromatic carbocycles. The number of hydrogen-bond donors (Lipinski definition) is 1. The summed E-state index contributed by atoms with van der Waals surface area (Å²) in [4.78, 5) is 16.8. The van der Waals surface area contributed by atoms with Gasteiger partial charge < -0.3 is 4.74 Å². The monoisotopic (exact) mass is 355 g/mol. The Morgan fingerprint density at radius 3 is 2.65 bits per heavy atom. The second-order valence-electron chi connectivity index (χ2n) is 5.48. The number of hydrogen-bond acceptors (Lipinski definition) is 4. The molecule has 0 bridgehead atoms. The Bertz CT molecular complexity index is 957. The van der Waals surface area contributed by atoms with E-state index in [1.807, 2.05) is 31.2 Å². The van der Waals surface area contributed by atoms with Crippen LogP contribution in [-0.2, 0) is 0 Å². The van der Waals surface area contributed by atoms with Crippen LogP contribution in [-0.4, -0.2) is 23.7 Å². The first-order chi connectivity index (χ1) is 12.5. The van der Waals surface area contributed by atoms with E-state index in [1.54, 1.807) is 18.2 Å². The van der Waals surface area contributed by atoms with Crippen LogP contribution in [0.1, 0.15) is 21.6 Å². The molecule has 0 saturated carbocycles. The zero-order valence-corrected chi connectivity index (χ0v) is 13.8. The standard InChI is InChI=1S/C19H15F2N3O2/c1-12-10-16(15-4-2-3-5-17(15)23-12)18(25)24-22-11-13-6-8-14(9-7-13)26-19(20)21/h2-11,19H,1H3,(H,24,25). The van der Waals surface area contributed by atoms with Crippen LogP contribution < -0.4 is 10.2 Å². The van der Waals surface area contributed by atoms with Crippen molar-refractivity contribution >= 4 is 23.0 Å². The van der Waals surface area contributed by atoms with E-state index < -0.39 is 6.61 Å². The van der Waals surface area contributed by atoms with Crippen LogP contribution in [0.5, 0.6) is 5.75 Å². The molecular weight excluding hydrogens is 340 g/mol. The summed E-state index contributed by atoms with van der Waals surface area (Å²) in [6.07, 6.45) is 1.42. The van der Waals surface area contributed by atoms with Crippen LogP contribution in [0.4, 0.5) is 8.78 Å². The molecular formula is C19H15F2N3O2. The molecule has 0 spiro atoms. The molecule has 0 atom stereocenters. The molecule has 3 aromatic rings. The number of carbonyl (C=O) groups is 1. The third kappa shape index (κ3) is 4.18. The number of rotatable bonds is 5. The summed E-state index contributed by atoms with van der Waals surface area (Å²) in [5, 5.41) is 4.65. The lowest BCUT2D eigenvalue weighted by molar-refractivity contribution is -0.0498. The number of fused-ring (bicyclic) bond motifs is 1. The average Bonchev–Trinajstić information content (AvgIpc) is 2.62. The molecule has 0 radical (unpaired) electrons. The number of nitrogens with zero attached hydrogens (tertiary/aromatic N) is 2. The topological polar surface area (TPSA) is 63.6 Å². The lowest BCUT2D eigenvalue weighted by Crippen LogP contribution is -2.18. The number of alkyl halides is 2. The van der Waals surface area contributed by atoms with Gasteiger partial charge in [0.2, 0.25) is 0 Å². The molecule has 1 N–H and O–H groups in total. The summed E-state index contributed by atoms with van der Waals surface area (Å²) in [7, 11) is 0. The van der Waals surface area contributed by atoms with Gasteiger partial charge in [0.25, 0.3) is 5.91 Å². The maximum Gasteiger partial charge on any atom is 0.387 e. The van der Waals surface area contributed by atoms with Crippen LogP contribution in [0.25, 0.3) is 10.9 Å². The van der Waals surface area contributed by atoms with Gasteiger partial charge in [-0.25, -0.2) is 5.43 Å². The van der Waals surface area contributed by atoms with Gasteiger partial charge in [-0.2, -0.15) is 13.9 Å². The molecule has 0 aliphatic rings. The fraction of sp³-hybridized carbons (Fsp3) is 0.105. The lowest BCUT2D eigenvalue weighted by atomic mass is 10.1. The van der Waals surface area contributed by atoms with Gasteiger partial charge in [0, 0.05) is 11.1 Å². The fourth-order valence-corrected chi connectivity index (χ4v) is 2.46. The minimum Gasteiger partial charge on any atom is -0.435 e. The second kappa shape index (κ2) is 7.69. The quantitative estimate of drug-likeness (QED) is 0.557. The summed E-state index contributed by atoms with van der Waals surface area (Å²) in [6, 6.07) is 15.0. The number of pyridine rings is 1. The Labute approximate surface area is 148 Å². The van der Waals surface area contributed by atoms with Gasteiger partial charge >= 0.3 is 6.61 Å². The highest BCUT2D eigenvalue weighted by Crippen LogP contribution is 2.18. The number of carbonyl (C=O) groups excluding carboxylic acids is 1. The highest BCUT2D eigenvalue weighted by atomic mass is 19.3. The van der Waals surface area contributed by atoms with E-state index in [-0.39, 0.29) is 11.7 Å². The Hall–Kier alpha value is -3.35. The number of nitrogens with one attached hydrogen (secondary N) is 1. The molecule has 0 aliphatic heterocycles. The number of aryl methyl sites for hydroxylation is 1. The third-order valence-electron chi connectivity index (χ3n) is 3.57. The minimum atomic E-state index is -2.87. The van der Waals surface area contributed by atoms with Crippen molar-refractivity contribution in [3.8, 4) is 5.75 Å². The van der Waals surface area contributed by atoms with Gasteiger partial charge in [0.15, 0.2) is 0 Å². The molecule has 1 heterocycles. The fourth-order valence-electron chi connectivity index (χ4n) is 2.46. The lowest BCUT2D eigenvalue weighted by Gasteiger charge is -2.06. The van der Waals surface area contributed by atoms with Crippen LogP contribution in [0.15, 0.2) is 59.7 Å². The molecule has 5 nitrogen and oxygen atoms in total. The minimum absolute atomic E-state index is 0.0555. The van der Waals surface area contributed by atoms with Crippen molar-refractivity contribution in [2.45, 2.75) is 13.5 Å². The number of halogens is 2. The Balaban J connectivity index is 1.72. The summed E-state index contributed by atoms with van der Waals surface area (Å²) < 4.78 is 28.5. The molecule has 1 amide bonds. The average molecular weight is 355 g/mol. The summed E-state index contributed by atoms with van der Waals surface area (Å²) in [6.45, 7) is -1.05. The van der Waals surface area contributed by atoms with Gasteiger partial charge in [-0.1, -0.05) is 18.2 Å². The SMILES string of the molecule is Cc1cc(C(=O)NN=Cc2ccc(OC(F)F)cc2)c2ccccc2n1. The normalized spacial score (nSPS) is 11.2. The maximum absolute atomic E-state index is 12.4. The number of para-hydroxylation sites is 1. The number of hydrazone groups is 1. The first-order valence-corrected chi connectivity index (χ1v) is 7.77. The van der Waals surface area contributed by atoms with Gasteiger partial charge in [0.1, 0.15) is 5.75 Å². The first kappa shape index (κ1) is 17.5. The zero-order chi connectivity index (χ0) is 18.5. The van der Waals surface area contributed by atoms with Crippen molar-refractivity contribution in [3.63, 3.8) is 0 Å². The van der Waals surface area contributed by atoms with Crippen molar-refractivity contribution in [1.82, 2.24) is 10.4 Å². The van der Waals surface area contributed by atoms with Crippen molar-refractivity contribution in [1.29, 1.82) is 0 Å². The van der Waals surface area contributed by atoms with Crippen LogP contribution in [0.3, 0.4) is 0 Å². The largest absolute Gasteiger partial charge is 0.435 e. The van der Waals surface area contributed by atoms with E-state index in [4.69, 9.17) is 0 Å². The van der Waals surface area contributed by atoms with Gasteiger partial charge in [0.05, 0.1) is 17.3 Å². The predicted octanol–water partition coefficient (Wildman–Crippen LogP) is 3.91. The molecule has 1 aromatic heterocycles. The maximum atomic E-state index is 12.4. The van der Waals surface area contributed by atoms with Gasteiger partial charge in [-0.15, -0.1) is 0 Å². The van der Waals surface area contributed by atoms with Crippen LogP contribution >= 0.6 is 0 Å². The molecule has 3 rings (SSSR count). The third-order valence-corrected chi connectivity index (χ3v) is 3.57. The van der Waals surface area contributed by atoms with E-state index in [0.717, 1.165) is 16.6 Å². The van der Waals surface area contributed by atoms with Crippen LogP contribution in [0.2, 0.25) is 0 Å². The Morgan fingerprint density at radius 2 is 1.92 bits per heavy atom. The van der Waals surface area contributed by atoms with E-state index in [0.29, 0.717) is 11.1 Å². The number of ether oxygens (including phenoxy) is 1. The molecule has 0 unspecified atom stereocenters. The molecule has 0 saturated heterocycles.